The smallest absolute Gasteiger partial charge is 0.128 e. The Bertz CT molecular complexity index is 407. The normalized spacial score (nSPS) is 12.5. The molecule has 0 amide bonds. The maximum atomic E-state index is 5.99. The molecule has 0 bridgehead atoms. The quantitative estimate of drug-likeness (QED) is 0.718. The van der Waals surface area contributed by atoms with Crippen LogP contribution in [-0.2, 0) is 11.3 Å². The second-order valence-electron chi connectivity index (χ2n) is 5.54. The fraction of sp³-hybridized carbons (Fsp3) is 0.647. The van der Waals surface area contributed by atoms with E-state index in [1.165, 1.54) is 0 Å². The Morgan fingerprint density at radius 3 is 2.57 bits per heavy atom. The topological polar surface area (TPSA) is 39.7 Å². The molecular weight excluding hydrogens is 266 g/mol. The summed E-state index contributed by atoms with van der Waals surface area (Å²) in [4.78, 5) is 0. The molecule has 0 radical (unpaired) electrons. The van der Waals surface area contributed by atoms with Gasteiger partial charge in [0.1, 0.15) is 17.6 Å². The van der Waals surface area contributed by atoms with E-state index in [4.69, 9.17) is 14.2 Å². The fourth-order valence-electron chi connectivity index (χ4n) is 1.90. The van der Waals surface area contributed by atoms with Gasteiger partial charge in [0.05, 0.1) is 13.2 Å². The van der Waals surface area contributed by atoms with E-state index in [0.717, 1.165) is 36.6 Å². The zero-order chi connectivity index (χ0) is 15.7. The van der Waals surface area contributed by atoms with E-state index in [2.05, 4.69) is 32.2 Å². The number of hydrogen-bond acceptors (Lipinski definition) is 4. The molecule has 1 unspecified atom stereocenters. The van der Waals surface area contributed by atoms with Crippen molar-refractivity contribution in [1.82, 2.24) is 5.32 Å². The number of benzene rings is 1. The molecule has 0 heterocycles. The summed E-state index contributed by atoms with van der Waals surface area (Å²) in [6.07, 6.45) is 1.00. The molecule has 0 aliphatic rings. The first-order valence-corrected chi connectivity index (χ1v) is 7.71. The van der Waals surface area contributed by atoms with Crippen molar-refractivity contribution in [3.63, 3.8) is 0 Å². The zero-order valence-corrected chi connectivity index (χ0v) is 13.9. The minimum absolute atomic E-state index is 0.00854. The second-order valence-corrected chi connectivity index (χ2v) is 5.54. The average molecular weight is 295 g/mol. The summed E-state index contributed by atoms with van der Waals surface area (Å²) in [6, 6.07) is 6.47. The third-order valence-electron chi connectivity index (χ3n) is 2.94. The molecule has 4 nitrogen and oxygen atoms in total. The van der Waals surface area contributed by atoms with E-state index in [9.17, 15) is 0 Å². The summed E-state index contributed by atoms with van der Waals surface area (Å²) >= 11 is 0. The Hall–Kier alpha value is -1.26. The van der Waals surface area contributed by atoms with Gasteiger partial charge in [-0.15, -0.1) is 0 Å². The lowest BCUT2D eigenvalue weighted by Gasteiger charge is -2.19. The molecule has 4 heteroatoms. The van der Waals surface area contributed by atoms with Crippen LogP contribution in [0.1, 0.15) is 39.7 Å². The molecule has 21 heavy (non-hydrogen) atoms. The third kappa shape index (κ3) is 6.82. The van der Waals surface area contributed by atoms with Gasteiger partial charge in [-0.3, -0.25) is 0 Å². The SMILES string of the molecule is CCCOc1ccc(CNC(C)C)c(OC(C)COC)c1. The van der Waals surface area contributed by atoms with E-state index in [1.54, 1.807) is 7.11 Å². The predicted octanol–water partition coefficient (Wildman–Crippen LogP) is 3.39. The van der Waals surface area contributed by atoms with Gasteiger partial charge in [0.15, 0.2) is 0 Å². The Kier molecular flexibility index (Phi) is 8.16. The number of rotatable bonds is 10. The van der Waals surface area contributed by atoms with Crippen LogP contribution in [0.15, 0.2) is 18.2 Å². The molecule has 0 saturated carbocycles. The van der Waals surface area contributed by atoms with Crippen LogP contribution in [0.4, 0.5) is 0 Å². The standard InChI is InChI=1S/C17H29NO3/c1-6-9-20-16-8-7-15(11-18-13(2)3)17(10-16)21-14(4)12-19-5/h7-8,10,13-14,18H,6,9,11-12H2,1-5H3. The van der Waals surface area contributed by atoms with Crippen LogP contribution in [0.25, 0.3) is 0 Å². The predicted molar refractivity (Wildman–Crippen MR) is 86.2 cm³/mol. The van der Waals surface area contributed by atoms with Crippen LogP contribution in [0.5, 0.6) is 11.5 Å². The number of ether oxygens (including phenoxy) is 3. The zero-order valence-electron chi connectivity index (χ0n) is 13.9. The summed E-state index contributed by atoms with van der Waals surface area (Å²) in [6.45, 7) is 10.4. The number of hydrogen-bond donors (Lipinski definition) is 1. The summed E-state index contributed by atoms with van der Waals surface area (Å²) < 4.78 is 16.8. The highest BCUT2D eigenvalue weighted by Crippen LogP contribution is 2.26. The first kappa shape index (κ1) is 17.8. The number of nitrogens with one attached hydrogen (secondary N) is 1. The monoisotopic (exact) mass is 295 g/mol. The molecule has 1 atom stereocenters. The van der Waals surface area contributed by atoms with Gasteiger partial charge < -0.3 is 19.5 Å². The molecule has 0 fully saturated rings. The van der Waals surface area contributed by atoms with Gasteiger partial charge in [-0.1, -0.05) is 26.8 Å². The van der Waals surface area contributed by atoms with Crippen molar-refractivity contribution < 1.29 is 14.2 Å². The maximum Gasteiger partial charge on any atom is 0.128 e. The Morgan fingerprint density at radius 2 is 1.95 bits per heavy atom. The molecule has 1 aromatic rings. The van der Waals surface area contributed by atoms with Crippen molar-refractivity contribution in [2.24, 2.45) is 0 Å². The van der Waals surface area contributed by atoms with Crippen molar-refractivity contribution >= 4 is 0 Å². The van der Waals surface area contributed by atoms with Gasteiger partial charge in [0.25, 0.3) is 0 Å². The van der Waals surface area contributed by atoms with Crippen molar-refractivity contribution in [3.8, 4) is 11.5 Å². The second kappa shape index (κ2) is 9.64. The van der Waals surface area contributed by atoms with Crippen molar-refractivity contribution in [1.29, 1.82) is 0 Å². The lowest BCUT2D eigenvalue weighted by Crippen LogP contribution is -2.23. The van der Waals surface area contributed by atoms with Crippen molar-refractivity contribution in [2.45, 2.75) is 52.8 Å². The van der Waals surface area contributed by atoms with Crippen LogP contribution < -0.4 is 14.8 Å². The molecule has 1 N–H and O–H groups in total. The first-order valence-electron chi connectivity index (χ1n) is 7.71. The lowest BCUT2D eigenvalue weighted by atomic mass is 10.1. The molecule has 0 saturated heterocycles. The lowest BCUT2D eigenvalue weighted by molar-refractivity contribution is 0.0911. The van der Waals surface area contributed by atoms with Crippen molar-refractivity contribution in [2.75, 3.05) is 20.3 Å². The van der Waals surface area contributed by atoms with E-state index < -0.39 is 0 Å². The summed E-state index contributed by atoms with van der Waals surface area (Å²) in [7, 11) is 1.68. The largest absolute Gasteiger partial charge is 0.493 e. The van der Waals surface area contributed by atoms with Gasteiger partial charge >= 0.3 is 0 Å². The highest BCUT2D eigenvalue weighted by atomic mass is 16.5. The molecule has 0 aliphatic heterocycles. The van der Waals surface area contributed by atoms with E-state index in [-0.39, 0.29) is 6.10 Å². The van der Waals surface area contributed by atoms with Gasteiger partial charge in [-0.2, -0.15) is 0 Å². The third-order valence-corrected chi connectivity index (χ3v) is 2.94. The van der Waals surface area contributed by atoms with Crippen LogP contribution in [0, 0.1) is 0 Å². The minimum Gasteiger partial charge on any atom is -0.493 e. The molecule has 0 aromatic heterocycles. The maximum absolute atomic E-state index is 5.99. The average Bonchev–Trinajstić information content (AvgIpc) is 2.44. The molecular formula is C17H29NO3. The van der Waals surface area contributed by atoms with Gasteiger partial charge in [0, 0.05) is 31.3 Å². The minimum atomic E-state index is 0.00854. The van der Waals surface area contributed by atoms with E-state index in [1.807, 2.05) is 19.1 Å². The number of methoxy groups -OCH3 is 1. The molecule has 1 rings (SSSR count). The molecule has 1 aromatic carbocycles. The molecule has 0 spiro atoms. The fourth-order valence-corrected chi connectivity index (χ4v) is 1.90. The Morgan fingerprint density at radius 1 is 1.19 bits per heavy atom. The van der Waals surface area contributed by atoms with Crippen LogP contribution in [0.2, 0.25) is 0 Å². The van der Waals surface area contributed by atoms with Crippen LogP contribution in [-0.4, -0.2) is 32.5 Å². The highest BCUT2D eigenvalue weighted by molar-refractivity contribution is 5.41. The summed E-state index contributed by atoms with van der Waals surface area (Å²) in [5.74, 6) is 1.71. The van der Waals surface area contributed by atoms with Crippen LogP contribution in [0.3, 0.4) is 0 Å². The first-order chi connectivity index (χ1) is 10.1. The Labute approximate surface area is 128 Å². The molecule has 120 valence electrons. The van der Waals surface area contributed by atoms with E-state index >= 15 is 0 Å². The Balaban J connectivity index is 2.83. The summed E-state index contributed by atoms with van der Waals surface area (Å²) in [5.41, 5.74) is 1.13. The summed E-state index contributed by atoms with van der Waals surface area (Å²) in [5, 5.41) is 3.42. The van der Waals surface area contributed by atoms with Gasteiger partial charge in [0.2, 0.25) is 0 Å². The highest BCUT2D eigenvalue weighted by Gasteiger charge is 2.10. The van der Waals surface area contributed by atoms with Gasteiger partial charge in [-0.05, 0) is 19.4 Å². The van der Waals surface area contributed by atoms with Crippen molar-refractivity contribution in [3.05, 3.63) is 23.8 Å². The molecule has 0 aliphatic carbocycles. The van der Waals surface area contributed by atoms with Crippen LogP contribution >= 0.6 is 0 Å². The van der Waals surface area contributed by atoms with E-state index in [0.29, 0.717) is 12.6 Å². The van der Waals surface area contributed by atoms with Gasteiger partial charge in [-0.25, -0.2) is 0 Å².